The highest BCUT2D eigenvalue weighted by molar-refractivity contribution is 6.08. The molecule has 3 amide bonds. The lowest BCUT2D eigenvalue weighted by Crippen LogP contribution is -2.35. The molecule has 9 heteroatoms. The molecule has 1 aliphatic rings. The molecule has 1 saturated heterocycles. The Kier molecular flexibility index (Phi) is 6.99. The van der Waals surface area contributed by atoms with Crippen LogP contribution in [0.3, 0.4) is 0 Å². The summed E-state index contributed by atoms with van der Waals surface area (Å²) in [6.07, 6.45) is 2.24. The summed E-state index contributed by atoms with van der Waals surface area (Å²) in [5.41, 5.74) is 2.38. The van der Waals surface area contributed by atoms with E-state index in [9.17, 15) is 9.59 Å². The van der Waals surface area contributed by atoms with Crippen molar-refractivity contribution in [1.29, 1.82) is 0 Å². The highest BCUT2D eigenvalue weighted by Gasteiger charge is 2.16. The minimum atomic E-state index is -0.371. The monoisotopic (exact) mass is 386 g/mol. The van der Waals surface area contributed by atoms with E-state index in [0.717, 1.165) is 39.3 Å². The second-order valence-electron chi connectivity index (χ2n) is 6.58. The van der Waals surface area contributed by atoms with Gasteiger partial charge in [-0.3, -0.25) is 14.8 Å². The largest absolute Gasteiger partial charge is 0.379 e. The summed E-state index contributed by atoms with van der Waals surface area (Å²) in [4.78, 5) is 26.6. The molecule has 28 heavy (non-hydrogen) atoms. The van der Waals surface area contributed by atoms with Gasteiger partial charge in [0.15, 0.2) is 0 Å². The van der Waals surface area contributed by atoms with Gasteiger partial charge in [-0.15, -0.1) is 0 Å². The highest BCUT2D eigenvalue weighted by Crippen LogP contribution is 2.16. The first-order chi connectivity index (χ1) is 13.7. The number of carbonyl (C=O) groups is 2. The summed E-state index contributed by atoms with van der Waals surface area (Å²) in [5, 5.41) is 14.6. The van der Waals surface area contributed by atoms with Gasteiger partial charge in [-0.05, 0) is 24.1 Å². The van der Waals surface area contributed by atoms with Crippen LogP contribution in [-0.4, -0.2) is 59.9 Å². The fourth-order valence-electron chi connectivity index (χ4n) is 2.86. The zero-order valence-electron chi connectivity index (χ0n) is 16.0. The first-order valence-electron chi connectivity index (χ1n) is 9.44. The van der Waals surface area contributed by atoms with E-state index in [4.69, 9.17) is 4.74 Å². The maximum atomic E-state index is 12.5. The number of aromatic amines is 1. The number of anilines is 2. The van der Waals surface area contributed by atoms with E-state index >= 15 is 0 Å². The quantitative estimate of drug-likeness (QED) is 0.582. The van der Waals surface area contributed by atoms with Crippen molar-refractivity contribution >= 4 is 23.3 Å². The molecule has 1 fully saturated rings. The molecule has 1 aromatic carbocycles. The summed E-state index contributed by atoms with van der Waals surface area (Å²) in [5.74, 6) is -0.371. The maximum Gasteiger partial charge on any atom is 0.319 e. The number of H-pyrrole nitrogens is 1. The van der Waals surface area contributed by atoms with E-state index in [1.807, 2.05) is 31.2 Å². The van der Waals surface area contributed by atoms with Gasteiger partial charge in [0.25, 0.3) is 5.91 Å². The van der Waals surface area contributed by atoms with Crippen LogP contribution in [0.2, 0.25) is 0 Å². The number of hydrogen-bond donors (Lipinski definition) is 4. The Morgan fingerprint density at radius 2 is 1.93 bits per heavy atom. The van der Waals surface area contributed by atoms with E-state index in [2.05, 4.69) is 31.0 Å². The number of nitrogens with zero attached hydrogens (tertiary/aromatic N) is 2. The molecule has 0 spiro atoms. The zero-order chi connectivity index (χ0) is 19.8. The number of hydrogen-bond acceptors (Lipinski definition) is 5. The average molecular weight is 386 g/mol. The van der Waals surface area contributed by atoms with Gasteiger partial charge in [-0.1, -0.05) is 19.1 Å². The SMILES string of the molecule is CCCNC(=O)Nc1cn[nH]c1C(=O)Nc1ccc(CN2CCOCC2)cc1. The Labute approximate surface area is 163 Å². The molecule has 0 aliphatic carbocycles. The fraction of sp³-hybridized carbons (Fsp3) is 0.421. The van der Waals surface area contributed by atoms with Gasteiger partial charge >= 0.3 is 6.03 Å². The van der Waals surface area contributed by atoms with Gasteiger partial charge in [0.1, 0.15) is 5.69 Å². The lowest BCUT2D eigenvalue weighted by molar-refractivity contribution is 0.0342. The number of urea groups is 1. The van der Waals surface area contributed by atoms with Crippen molar-refractivity contribution in [2.24, 2.45) is 0 Å². The summed E-state index contributed by atoms with van der Waals surface area (Å²) in [7, 11) is 0. The van der Waals surface area contributed by atoms with Crippen LogP contribution in [-0.2, 0) is 11.3 Å². The smallest absolute Gasteiger partial charge is 0.319 e. The van der Waals surface area contributed by atoms with E-state index in [0.29, 0.717) is 17.9 Å². The number of nitrogens with one attached hydrogen (secondary N) is 4. The predicted octanol–water partition coefficient (Wildman–Crippen LogP) is 2.03. The second kappa shape index (κ2) is 9.86. The fourth-order valence-corrected chi connectivity index (χ4v) is 2.86. The van der Waals surface area contributed by atoms with E-state index < -0.39 is 0 Å². The van der Waals surface area contributed by atoms with E-state index in [-0.39, 0.29) is 17.6 Å². The normalized spacial score (nSPS) is 14.5. The van der Waals surface area contributed by atoms with Gasteiger partial charge in [-0.25, -0.2) is 4.79 Å². The van der Waals surface area contributed by atoms with Crippen LogP contribution in [0.5, 0.6) is 0 Å². The Bertz CT molecular complexity index is 783. The first-order valence-corrected chi connectivity index (χ1v) is 9.44. The molecule has 4 N–H and O–H groups in total. The summed E-state index contributed by atoms with van der Waals surface area (Å²) in [6.45, 7) is 6.78. The van der Waals surface area contributed by atoms with Crippen molar-refractivity contribution in [2.45, 2.75) is 19.9 Å². The molecule has 1 aliphatic heterocycles. The number of amides is 3. The topological polar surface area (TPSA) is 111 Å². The molecule has 0 radical (unpaired) electrons. The van der Waals surface area contributed by atoms with E-state index in [1.54, 1.807) is 0 Å². The zero-order valence-corrected chi connectivity index (χ0v) is 16.0. The minimum Gasteiger partial charge on any atom is -0.379 e. The Morgan fingerprint density at radius 3 is 2.64 bits per heavy atom. The summed E-state index contributed by atoms with van der Waals surface area (Å²) in [6, 6.07) is 7.35. The van der Waals surface area contributed by atoms with Gasteiger partial charge in [0.2, 0.25) is 0 Å². The molecule has 0 bridgehead atoms. The summed E-state index contributed by atoms with van der Waals surface area (Å²) < 4.78 is 5.36. The van der Waals surface area contributed by atoms with E-state index in [1.165, 1.54) is 11.8 Å². The Balaban J connectivity index is 1.56. The number of benzene rings is 1. The third-order valence-electron chi connectivity index (χ3n) is 4.37. The van der Waals surface area contributed by atoms with Crippen molar-refractivity contribution in [1.82, 2.24) is 20.4 Å². The van der Waals surface area contributed by atoms with Gasteiger partial charge in [0.05, 0.1) is 25.1 Å². The number of aromatic nitrogens is 2. The maximum absolute atomic E-state index is 12.5. The first kappa shape index (κ1) is 19.8. The third kappa shape index (κ3) is 5.54. The molecule has 0 saturated carbocycles. The van der Waals surface area contributed by atoms with Crippen molar-refractivity contribution in [2.75, 3.05) is 43.5 Å². The second-order valence-corrected chi connectivity index (χ2v) is 6.58. The number of morpholine rings is 1. The van der Waals surface area contributed by atoms with Crippen molar-refractivity contribution in [3.63, 3.8) is 0 Å². The van der Waals surface area contributed by atoms with Crippen molar-refractivity contribution in [3.8, 4) is 0 Å². The van der Waals surface area contributed by atoms with Crippen LogP contribution in [0.1, 0.15) is 29.4 Å². The Morgan fingerprint density at radius 1 is 1.18 bits per heavy atom. The minimum absolute atomic E-state index is 0.198. The van der Waals surface area contributed by atoms with Gasteiger partial charge < -0.3 is 20.7 Å². The lowest BCUT2D eigenvalue weighted by atomic mass is 10.2. The molecule has 2 heterocycles. The number of ether oxygens (including phenoxy) is 1. The van der Waals surface area contributed by atoms with Crippen molar-refractivity contribution < 1.29 is 14.3 Å². The molecule has 0 atom stereocenters. The van der Waals surface area contributed by atoms with Crippen molar-refractivity contribution in [3.05, 3.63) is 41.7 Å². The van der Waals surface area contributed by atoms with Gasteiger partial charge in [-0.2, -0.15) is 5.10 Å². The molecule has 1 aromatic heterocycles. The molecule has 2 aromatic rings. The van der Waals surface area contributed by atoms with Gasteiger partial charge in [0, 0.05) is 31.9 Å². The molecule has 150 valence electrons. The lowest BCUT2D eigenvalue weighted by Gasteiger charge is -2.26. The third-order valence-corrected chi connectivity index (χ3v) is 4.37. The number of rotatable bonds is 7. The Hall–Kier alpha value is -2.91. The van der Waals surface area contributed by atoms with Crippen LogP contribution < -0.4 is 16.0 Å². The molecular formula is C19H26N6O3. The average Bonchev–Trinajstić information content (AvgIpc) is 3.17. The molecule has 9 nitrogen and oxygen atoms in total. The molecular weight excluding hydrogens is 360 g/mol. The predicted molar refractivity (Wildman–Crippen MR) is 106 cm³/mol. The highest BCUT2D eigenvalue weighted by atomic mass is 16.5. The van der Waals surface area contributed by atoms with Crippen LogP contribution in [0, 0.1) is 0 Å². The van der Waals surface area contributed by atoms with Crippen LogP contribution in [0.4, 0.5) is 16.2 Å². The number of carbonyl (C=O) groups excluding carboxylic acids is 2. The van der Waals surface area contributed by atoms with Crippen LogP contribution >= 0.6 is 0 Å². The summed E-state index contributed by atoms with van der Waals surface area (Å²) >= 11 is 0. The van der Waals surface area contributed by atoms with Crippen LogP contribution in [0.15, 0.2) is 30.5 Å². The molecule has 0 unspecified atom stereocenters. The standard InChI is InChI=1S/C19H26N6O3/c1-2-7-20-19(27)23-16-12-21-24-17(16)18(26)22-15-5-3-14(4-6-15)13-25-8-10-28-11-9-25/h3-6,12H,2,7-11,13H2,1H3,(H,21,24)(H,22,26)(H2,20,23,27). The van der Waals surface area contributed by atoms with Crippen LogP contribution in [0.25, 0.3) is 0 Å². The molecule has 3 rings (SSSR count).